The molecule has 0 N–H and O–H groups in total. The average molecular weight is 268 g/mol. The van der Waals surface area contributed by atoms with Crippen LogP contribution in [0.5, 0.6) is 0 Å². The molecule has 2 unspecified atom stereocenters. The van der Waals surface area contributed by atoms with Gasteiger partial charge >= 0.3 is 0 Å². The van der Waals surface area contributed by atoms with E-state index in [2.05, 4.69) is 9.80 Å². The summed E-state index contributed by atoms with van der Waals surface area (Å²) < 4.78 is 0. The Morgan fingerprint density at radius 3 is 1.32 bits per heavy atom. The molecule has 1 saturated carbocycles. The van der Waals surface area contributed by atoms with Crippen LogP contribution in [0.1, 0.15) is 57.8 Å². The summed E-state index contributed by atoms with van der Waals surface area (Å²) in [5.74, 6) is 0.426. The summed E-state index contributed by atoms with van der Waals surface area (Å²) in [4.78, 5) is 17.0. The number of ketones is 1. The van der Waals surface area contributed by atoms with Crippen molar-refractivity contribution in [1.29, 1.82) is 0 Å². The summed E-state index contributed by atoms with van der Waals surface area (Å²) in [6, 6.07) is 0.207. The van der Waals surface area contributed by atoms with Gasteiger partial charge in [0.1, 0.15) is 0 Å². The highest BCUT2D eigenvalue weighted by Gasteiger charge is 2.29. The highest BCUT2D eigenvalue weighted by atomic mass is 16.1. The molecule has 1 rings (SSSR count). The van der Waals surface area contributed by atoms with E-state index in [0.29, 0.717) is 5.78 Å². The molecule has 1 aliphatic carbocycles. The number of hydrogen-bond donors (Lipinski definition) is 0. The fraction of sp³-hybridized carbons (Fsp3) is 0.938. The average Bonchev–Trinajstić information content (AvgIpc) is 2.32. The lowest BCUT2D eigenvalue weighted by atomic mass is 9.92. The molecule has 2 atom stereocenters. The van der Waals surface area contributed by atoms with Gasteiger partial charge in [0, 0.05) is 0 Å². The maximum absolute atomic E-state index is 12.8. The largest absolute Gasteiger partial charge is 0.300 e. The van der Waals surface area contributed by atoms with E-state index in [9.17, 15) is 4.79 Å². The lowest BCUT2D eigenvalue weighted by Crippen LogP contribution is -2.47. The maximum atomic E-state index is 12.8. The third kappa shape index (κ3) is 5.62. The van der Waals surface area contributed by atoms with Crippen LogP contribution in [0.3, 0.4) is 0 Å². The first kappa shape index (κ1) is 16.6. The van der Waals surface area contributed by atoms with E-state index in [1.54, 1.807) is 0 Å². The molecule has 0 aliphatic heterocycles. The second-order valence-electron chi connectivity index (χ2n) is 6.41. The van der Waals surface area contributed by atoms with Crippen molar-refractivity contribution in [2.24, 2.45) is 0 Å². The Labute approximate surface area is 119 Å². The predicted octanol–water partition coefficient (Wildman–Crippen LogP) is 2.94. The molecule has 0 spiro atoms. The number of carbonyl (C=O) groups excluding carboxylic acids is 1. The van der Waals surface area contributed by atoms with Crippen LogP contribution >= 0.6 is 0 Å². The molecular formula is C16H32N2O. The van der Waals surface area contributed by atoms with Crippen molar-refractivity contribution in [3.8, 4) is 0 Å². The highest BCUT2D eigenvalue weighted by molar-refractivity contribution is 5.89. The lowest BCUT2D eigenvalue weighted by Gasteiger charge is -2.31. The van der Waals surface area contributed by atoms with Gasteiger partial charge in [-0.1, -0.05) is 44.9 Å². The first-order valence-electron chi connectivity index (χ1n) is 7.90. The van der Waals surface area contributed by atoms with Crippen molar-refractivity contribution in [1.82, 2.24) is 9.80 Å². The fourth-order valence-electron chi connectivity index (χ4n) is 3.09. The van der Waals surface area contributed by atoms with E-state index < -0.39 is 0 Å². The van der Waals surface area contributed by atoms with Gasteiger partial charge in [0.2, 0.25) is 0 Å². The van der Waals surface area contributed by atoms with Crippen LogP contribution in [0.2, 0.25) is 0 Å². The number of likely N-dealkylation sites (N-methyl/N-ethyl adjacent to an activating group) is 2. The van der Waals surface area contributed by atoms with Crippen LogP contribution in [0.15, 0.2) is 0 Å². The van der Waals surface area contributed by atoms with E-state index in [4.69, 9.17) is 0 Å². The first-order valence-corrected chi connectivity index (χ1v) is 7.90. The summed E-state index contributed by atoms with van der Waals surface area (Å²) in [5.41, 5.74) is 0. The smallest absolute Gasteiger partial charge is 0.166 e. The third-order valence-corrected chi connectivity index (χ3v) is 4.36. The molecule has 3 heteroatoms. The van der Waals surface area contributed by atoms with Crippen molar-refractivity contribution in [3.63, 3.8) is 0 Å². The molecule has 0 aromatic heterocycles. The summed E-state index contributed by atoms with van der Waals surface area (Å²) in [6.07, 6.45) is 11.0. The summed E-state index contributed by atoms with van der Waals surface area (Å²) in [7, 11) is 8.17. The van der Waals surface area contributed by atoms with Crippen molar-refractivity contribution < 1.29 is 4.79 Å². The molecule has 0 amide bonds. The molecule has 3 nitrogen and oxygen atoms in total. The molecule has 0 radical (unpaired) electrons. The van der Waals surface area contributed by atoms with Crippen LogP contribution in [0, 0.1) is 0 Å². The van der Waals surface area contributed by atoms with Crippen LogP contribution < -0.4 is 0 Å². The minimum absolute atomic E-state index is 0.104. The number of Topliss-reactive ketones (excluding diaryl/α,β-unsaturated/α-hetero) is 1. The van der Waals surface area contributed by atoms with Gasteiger partial charge in [-0.25, -0.2) is 0 Å². The Kier molecular flexibility index (Phi) is 7.62. The Morgan fingerprint density at radius 2 is 1.00 bits per heavy atom. The molecule has 0 saturated heterocycles. The van der Waals surface area contributed by atoms with E-state index in [1.165, 1.54) is 44.9 Å². The quantitative estimate of drug-likeness (QED) is 0.769. The second-order valence-corrected chi connectivity index (χ2v) is 6.41. The van der Waals surface area contributed by atoms with Crippen molar-refractivity contribution in [3.05, 3.63) is 0 Å². The van der Waals surface area contributed by atoms with Gasteiger partial charge in [-0.3, -0.25) is 14.6 Å². The van der Waals surface area contributed by atoms with Crippen LogP contribution in [-0.2, 0) is 4.79 Å². The first-order chi connectivity index (χ1) is 9.04. The zero-order valence-electron chi connectivity index (χ0n) is 13.3. The van der Waals surface area contributed by atoms with Crippen LogP contribution in [0.4, 0.5) is 0 Å². The number of hydrogen-bond acceptors (Lipinski definition) is 3. The third-order valence-electron chi connectivity index (χ3n) is 4.36. The Balaban J connectivity index is 2.73. The fourth-order valence-corrected chi connectivity index (χ4v) is 3.09. The molecule has 0 bridgehead atoms. The highest BCUT2D eigenvalue weighted by Crippen LogP contribution is 2.19. The van der Waals surface area contributed by atoms with Crippen molar-refractivity contribution in [2.75, 3.05) is 28.2 Å². The van der Waals surface area contributed by atoms with E-state index in [0.717, 1.165) is 12.8 Å². The Morgan fingerprint density at radius 1 is 0.684 bits per heavy atom. The normalized spacial score (nSPS) is 28.2. The zero-order valence-corrected chi connectivity index (χ0v) is 13.3. The number of carbonyl (C=O) groups is 1. The van der Waals surface area contributed by atoms with Crippen LogP contribution in [0.25, 0.3) is 0 Å². The monoisotopic (exact) mass is 268 g/mol. The van der Waals surface area contributed by atoms with E-state index in [1.807, 2.05) is 28.2 Å². The molecule has 0 aromatic carbocycles. The molecule has 112 valence electrons. The molecule has 1 aliphatic rings. The maximum Gasteiger partial charge on any atom is 0.166 e. The van der Waals surface area contributed by atoms with Gasteiger partial charge in [-0.05, 0) is 41.0 Å². The SMILES string of the molecule is CN(C)C1CCCCCCCCCC(N(C)C)C1=O. The Hall–Kier alpha value is -0.410. The topological polar surface area (TPSA) is 23.6 Å². The minimum atomic E-state index is 0.104. The lowest BCUT2D eigenvalue weighted by molar-refractivity contribution is -0.128. The van der Waals surface area contributed by atoms with Crippen LogP contribution in [-0.4, -0.2) is 55.9 Å². The van der Waals surface area contributed by atoms with Crippen molar-refractivity contribution >= 4 is 5.78 Å². The van der Waals surface area contributed by atoms with E-state index >= 15 is 0 Å². The summed E-state index contributed by atoms with van der Waals surface area (Å²) in [6.45, 7) is 0. The standard InChI is InChI=1S/C16H32N2O/c1-17(2)14-12-10-8-6-5-7-9-11-13-15(16(14)19)18(3)4/h14-15H,5-13H2,1-4H3. The number of nitrogens with zero attached hydrogens (tertiary/aromatic N) is 2. The molecule has 0 heterocycles. The molecule has 1 fully saturated rings. The zero-order chi connectivity index (χ0) is 14.3. The molecule has 19 heavy (non-hydrogen) atoms. The second kappa shape index (κ2) is 8.70. The van der Waals surface area contributed by atoms with Gasteiger partial charge in [-0.15, -0.1) is 0 Å². The number of rotatable bonds is 2. The molecular weight excluding hydrogens is 236 g/mol. The van der Waals surface area contributed by atoms with Gasteiger partial charge in [0.25, 0.3) is 0 Å². The van der Waals surface area contributed by atoms with Gasteiger partial charge in [0.05, 0.1) is 12.1 Å². The minimum Gasteiger partial charge on any atom is -0.300 e. The summed E-state index contributed by atoms with van der Waals surface area (Å²) >= 11 is 0. The van der Waals surface area contributed by atoms with Gasteiger partial charge in [0.15, 0.2) is 5.78 Å². The van der Waals surface area contributed by atoms with E-state index in [-0.39, 0.29) is 12.1 Å². The van der Waals surface area contributed by atoms with Crippen molar-refractivity contribution in [2.45, 2.75) is 69.9 Å². The predicted molar refractivity (Wildman–Crippen MR) is 81.5 cm³/mol. The molecule has 0 aromatic rings. The van der Waals surface area contributed by atoms with Gasteiger partial charge < -0.3 is 0 Å². The summed E-state index contributed by atoms with van der Waals surface area (Å²) in [5, 5.41) is 0. The Bertz CT molecular complexity index is 239. The van der Waals surface area contributed by atoms with Gasteiger partial charge in [-0.2, -0.15) is 0 Å².